The molecule has 19 heavy (non-hydrogen) atoms. The predicted octanol–water partition coefficient (Wildman–Crippen LogP) is 4.41. The monoisotopic (exact) mass is 260 g/mol. The van der Waals surface area contributed by atoms with Crippen molar-refractivity contribution in [3.8, 4) is 5.75 Å². The molecule has 0 aromatic heterocycles. The first-order valence-electron chi connectivity index (χ1n) is 7.53. The fourth-order valence-electron chi connectivity index (χ4n) is 2.62. The summed E-state index contributed by atoms with van der Waals surface area (Å²) in [5, 5.41) is 0. The molecule has 1 aromatic carbocycles. The summed E-state index contributed by atoms with van der Waals surface area (Å²) in [4.78, 5) is 11.7. The highest BCUT2D eigenvalue weighted by Gasteiger charge is 2.19. The van der Waals surface area contributed by atoms with E-state index in [0.29, 0.717) is 12.3 Å². The third-order valence-corrected chi connectivity index (χ3v) is 4.03. The van der Waals surface area contributed by atoms with E-state index in [0.717, 1.165) is 30.8 Å². The van der Waals surface area contributed by atoms with Gasteiger partial charge in [-0.05, 0) is 36.5 Å². The van der Waals surface area contributed by atoms with Gasteiger partial charge in [-0.25, -0.2) is 0 Å². The summed E-state index contributed by atoms with van der Waals surface area (Å²) in [5.41, 5.74) is 2.05. The second-order valence-electron chi connectivity index (χ2n) is 5.47. The minimum atomic E-state index is 0.262. The largest absolute Gasteiger partial charge is 0.493 e. The van der Waals surface area contributed by atoms with Crippen molar-refractivity contribution in [3.05, 3.63) is 29.3 Å². The van der Waals surface area contributed by atoms with Crippen LogP contribution in [0.1, 0.15) is 61.9 Å². The number of Topliss-reactive ketones (excluding diaryl/α,β-unsaturated/α-hetero) is 1. The molecule has 1 unspecified atom stereocenters. The van der Waals surface area contributed by atoms with Gasteiger partial charge in [0.1, 0.15) is 5.75 Å². The van der Waals surface area contributed by atoms with E-state index in [4.69, 9.17) is 4.74 Å². The smallest absolute Gasteiger partial charge is 0.163 e. The van der Waals surface area contributed by atoms with E-state index in [-0.39, 0.29) is 5.78 Å². The van der Waals surface area contributed by atoms with Gasteiger partial charge in [0, 0.05) is 12.0 Å². The number of benzene rings is 1. The van der Waals surface area contributed by atoms with Gasteiger partial charge in [0.2, 0.25) is 0 Å². The van der Waals surface area contributed by atoms with E-state index in [9.17, 15) is 4.79 Å². The molecular weight excluding hydrogens is 236 g/mol. The number of carbonyl (C=O) groups is 1. The normalized spacial score (nSPS) is 15.4. The Kier molecular flexibility index (Phi) is 5.00. The lowest BCUT2D eigenvalue weighted by atomic mass is 10.0. The second kappa shape index (κ2) is 6.74. The lowest BCUT2D eigenvalue weighted by Gasteiger charge is -2.16. The quantitative estimate of drug-likeness (QED) is 0.726. The number of fused-ring (bicyclic) bond motifs is 1. The molecule has 104 valence electrons. The number of hydrogen-bond donors (Lipinski definition) is 0. The maximum Gasteiger partial charge on any atom is 0.163 e. The molecule has 0 radical (unpaired) electrons. The van der Waals surface area contributed by atoms with Crippen LogP contribution in [0.4, 0.5) is 0 Å². The van der Waals surface area contributed by atoms with Crippen LogP contribution < -0.4 is 4.74 Å². The van der Waals surface area contributed by atoms with Crippen LogP contribution >= 0.6 is 0 Å². The van der Waals surface area contributed by atoms with Gasteiger partial charge < -0.3 is 4.74 Å². The van der Waals surface area contributed by atoms with Crippen LogP contribution in [0.5, 0.6) is 5.75 Å². The molecule has 1 aliphatic rings. The van der Waals surface area contributed by atoms with Gasteiger partial charge in [-0.2, -0.15) is 0 Å². The van der Waals surface area contributed by atoms with Crippen LogP contribution in [0.3, 0.4) is 0 Å². The molecular formula is C17H24O2. The number of ketones is 1. The van der Waals surface area contributed by atoms with Gasteiger partial charge in [0.25, 0.3) is 0 Å². The molecule has 0 amide bonds. The van der Waals surface area contributed by atoms with Crippen molar-refractivity contribution in [1.82, 2.24) is 0 Å². The minimum absolute atomic E-state index is 0.262. The topological polar surface area (TPSA) is 26.3 Å². The maximum absolute atomic E-state index is 11.7. The number of carbonyl (C=O) groups excluding carboxylic acids is 1. The first-order chi connectivity index (χ1) is 9.24. The van der Waals surface area contributed by atoms with E-state index >= 15 is 0 Å². The fraction of sp³-hybridized carbons (Fsp3) is 0.588. The molecule has 2 heteroatoms. The van der Waals surface area contributed by atoms with Gasteiger partial charge in [-0.3, -0.25) is 4.79 Å². The Morgan fingerprint density at radius 3 is 2.84 bits per heavy atom. The highest BCUT2D eigenvalue weighted by atomic mass is 16.5. The lowest BCUT2D eigenvalue weighted by molar-refractivity contribution is 0.0994. The predicted molar refractivity (Wildman–Crippen MR) is 77.9 cm³/mol. The number of rotatable bonds is 7. The van der Waals surface area contributed by atoms with Crippen molar-refractivity contribution in [2.45, 2.75) is 52.4 Å². The highest BCUT2D eigenvalue weighted by Crippen LogP contribution is 2.26. The zero-order chi connectivity index (χ0) is 13.7. The molecule has 0 saturated carbocycles. The van der Waals surface area contributed by atoms with Gasteiger partial charge in [0.15, 0.2) is 5.78 Å². The van der Waals surface area contributed by atoms with Gasteiger partial charge >= 0.3 is 0 Å². The third-order valence-electron chi connectivity index (χ3n) is 4.03. The Hall–Kier alpha value is -1.31. The number of unbranched alkanes of at least 4 members (excludes halogenated alkanes) is 1. The molecule has 0 heterocycles. The molecule has 0 saturated heterocycles. The average Bonchev–Trinajstić information content (AvgIpc) is 2.80. The van der Waals surface area contributed by atoms with Crippen molar-refractivity contribution >= 4 is 5.78 Å². The second-order valence-corrected chi connectivity index (χ2v) is 5.47. The summed E-state index contributed by atoms with van der Waals surface area (Å²) in [6.45, 7) is 5.21. The Labute approximate surface area is 116 Å². The molecule has 1 atom stereocenters. The number of ether oxygens (including phenoxy) is 1. The van der Waals surface area contributed by atoms with E-state index < -0.39 is 0 Å². The zero-order valence-corrected chi connectivity index (χ0v) is 12.1. The molecule has 1 aliphatic carbocycles. The van der Waals surface area contributed by atoms with Crippen LogP contribution in [-0.2, 0) is 6.42 Å². The van der Waals surface area contributed by atoms with E-state index in [1.165, 1.54) is 24.8 Å². The third kappa shape index (κ3) is 3.59. The Morgan fingerprint density at radius 1 is 1.26 bits per heavy atom. The summed E-state index contributed by atoms with van der Waals surface area (Å²) >= 11 is 0. The average molecular weight is 260 g/mol. The maximum atomic E-state index is 11.7. The number of hydrogen-bond acceptors (Lipinski definition) is 2. The number of aryl methyl sites for hydroxylation is 1. The van der Waals surface area contributed by atoms with Crippen molar-refractivity contribution in [3.63, 3.8) is 0 Å². The van der Waals surface area contributed by atoms with Crippen molar-refractivity contribution in [1.29, 1.82) is 0 Å². The van der Waals surface area contributed by atoms with Crippen molar-refractivity contribution in [2.75, 3.05) is 6.61 Å². The Morgan fingerprint density at radius 2 is 2.11 bits per heavy atom. The van der Waals surface area contributed by atoms with E-state index in [1.807, 2.05) is 18.2 Å². The standard InChI is InChI=1S/C17H24O2/c1-3-5-6-13(4-2)12-19-15-9-7-14-8-10-17(18)16(14)11-15/h7,9,11,13H,3-6,8,10,12H2,1-2H3. The molecule has 0 N–H and O–H groups in total. The summed E-state index contributed by atoms with van der Waals surface area (Å²) in [5.74, 6) is 1.74. The summed E-state index contributed by atoms with van der Waals surface area (Å²) < 4.78 is 5.88. The molecule has 0 aliphatic heterocycles. The minimum Gasteiger partial charge on any atom is -0.493 e. The molecule has 2 rings (SSSR count). The molecule has 0 bridgehead atoms. The van der Waals surface area contributed by atoms with Crippen molar-refractivity contribution < 1.29 is 9.53 Å². The molecule has 0 spiro atoms. The molecule has 1 aromatic rings. The van der Waals surface area contributed by atoms with Crippen LogP contribution in [0.2, 0.25) is 0 Å². The lowest BCUT2D eigenvalue weighted by Crippen LogP contribution is -2.11. The van der Waals surface area contributed by atoms with Crippen LogP contribution in [0, 0.1) is 5.92 Å². The summed E-state index contributed by atoms with van der Waals surface area (Å²) in [6.07, 6.45) is 6.45. The summed E-state index contributed by atoms with van der Waals surface area (Å²) in [6, 6.07) is 5.98. The van der Waals surface area contributed by atoms with Gasteiger partial charge in [-0.15, -0.1) is 0 Å². The van der Waals surface area contributed by atoms with Crippen molar-refractivity contribution in [2.24, 2.45) is 5.92 Å². The Bertz CT molecular complexity index is 437. The summed E-state index contributed by atoms with van der Waals surface area (Å²) in [7, 11) is 0. The zero-order valence-electron chi connectivity index (χ0n) is 12.1. The van der Waals surface area contributed by atoms with Crippen LogP contribution in [0.15, 0.2) is 18.2 Å². The van der Waals surface area contributed by atoms with E-state index in [1.54, 1.807) is 0 Å². The van der Waals surface area contributed by atoms with Crippen LogP contribution in [0.25, 0.3) is 0 Å². The van der Waals surface area contributed by atoms with Crippen LogP contribution in [-0.4, -0.2) is 12.4 Å². The van der Waals surface area contributed by atoms with E-state index in [2.05, 4.69) is 13.8 Å². The molecule has 0 fully saturated rings. The SMILES string of the molecule is CCCCC(CC)COc1ccc2c(c1)C(=O)CC2. The first-order valence-corrected chi connectivity index (χ1v) is 7.53. The highest BCUT2D eigenvalue weighted by molar-refractivity contribution is 6.00. The fourth-order valence-corrected chi connectivity index (χ4v) is 2.62. The first kappa shape index (κ1) is 14.1. The molecule has 2 nitrogen and oxygen atoms in total. The van der Waals surface area contributed by atoms with Gasteiger partial charge in [-0.1, -0.05) is 39.2 Å². The Balaban J connectivity index is 1.92. The van der Waals surface area contributed by atoms with Gasteiger partial charge in [0.05, 0.1) is 6.61 Å².